The molecule has 0 aliphatic heterocycles. The number of carbonyl (C=O) groups excluding carboxylic acids is 1. The van der Waals surface area contributed by atoms with Crippen LogP contribution in [0.1, 0.15) is 12.5 Å². The van der Waals surface area contributed by atoms with Crippen LogP contribution in [-0.2, 0) is 11.3 Å². The first-order valence-electron chi connectivity index (χ1n) is 4.86. The quantitative estimate of drug-likeness (QED) is 0.652. The molecule has 0 heterocycles. The Bertz CT molecular complexity index is 312. The summed E-state index contributed by atoms with van der Waals surface area (Å²) in [5.74, 6) is -0.339. The Morgan fingerprint density at radius 1 is 1.47 bits per heavy atom. The van der Waals surface area contributed by atoms with Gasteiger partial charge in [-0.3, -0.25) is 4.79 Å². The zero-order valence-corrected chi connectivity index (χ0v) is 8.68. The first-order chi connectivity index (χ1) is 7.11. The molecule has 1 rings (SSSR count). The van der Waals surface area contributed by atoms with Crippen LogP contribution in [-0.4, -0.2) is 23.2 Å². The van der Waals surface area contributed by atoms with Gasteiger partial charge in [0.05, 0.1) is 6.10 Å². The minimum absolute atomic E-state index is 0.339. The molecule has 0 aromatic heterocycles. The Morgan fingerprint density at radius 2 is 2.07 bits per heavy atom. The molecule has 0 saturated heterocycles. The van der Waals surface area contributed by atoms with Crippen LogP contribution >= 0.6 is 0 Å². The fourth-order valence-electron chi connectivity index (χ4n) is 1.12. The van der Waals surface area contributed by atoms with Gasteiger partial charge < -0.3 is 16.2 Å². The minimum Gasteiger partial charge on any atom is -0.391 e. The Morgan fingerprint density at radius 3 is 2.60 bits per heavy atom. The topological polar surface area (TPSA) is 75.3 Å². The molecular weight excluding hydrogens is 192 g/mol. The van der Waals surface area contributed by atoms with E-state index in [0.29, 0.717) is 6.54 Å². The van der Waals surface area contributed by atoms with Crippen molar-refractivity contribution in [2.45, 2.75) is 25.6 Å². The van der Waals surface area contributed by atoms with Crippen LogP contribution in [0.25, 0.3) is 0 Å². The zero-order chi connectivity index (χ0) is 11.3. The van der Waals surface area contributed by atoms with Crippen LogP contribution < -0.4 is 11.1 Å². The van der Waals surface area contributed by atoms with Gasteiger partial charge in [-0.2, -0.15) is 0 Å². The van der Waals surface area contributed by atoms with E-state index in [1.165, 1.54) is 6.92 Å². The van der Waals surface area contributed by atoms with Crippen molar-refractivity contribution in [3.63, 3.8) is 0 Å². The summed E-state index contributed by atoms with van der Waals surface area (Å²) in [5.41, 5.74) is 6.47. The SMILES string of the molecule is C[C@@H](O)[C@H](N)C(=O)NCc1ccccc1. The second kappa shape index (κ2) is 5.48. The van der Waals surface area contributed by atoms with Crippen molar-refractivity contribution in [3.8, 4) is 0 Å². The van der Waals surface area contributed by atoms with Crippen LogP contribution in [0.15, 0.2) is 30.3 Å². The number of nitrogens with two attached hydrogens (primary N) is 1. The molecule has 0 aliphatic rings. The molecule has 0 saturated carbocycles. The first-order valence-corrected chi connectivity index (χ1v) is 4.86. The number of hydrogen-bond donors (Lipinski definition) is 3. The van der Waals surface area contributed by atoms with Gasteiger partial charge in [0.25, 0.3) is 0 Å². The minimum atomic E-state index is -0.867. The Hall–Kier alpha value is -1.39. The summed E-state index contributed by atoms with van der Waals surface area (Å²) >= 11 is 0. The summed E-state index contributed by atoms with van der Waals surface area (Å²) in [4.78, 5) is 11.4. The third kappa shape index (κ3) is 3.69. The highest BCUT2D eigenvalue weighted by Gasteiger charge is 2.17. The zero-order valence-electron chi connectivity index (χ0n) is 8.68. The summed E-state index contributed by atoms with van der Waals surface area (Å²) in [7, 11) is 0. The van der Waals surface area contributed by atoms with Gasteiger partial charge >= 0.3 is 0 Å². The van der Waals surface area contributed by atoms with Gasteiger partial charge in [0.1, 0.15) is 6.04 Å². The number of benzene rings is 1. The van der Waals surface area contributed by atoms with Crippen LogP contribution in [0.3, 0.4) is 0 Å². The molecule has 4 N–H and O–H groups in total. The van der Waals surface area contributed by atoms with Gasteiger partial charge in [-0.1, -0.05) is 30.3 Å². The van der Waals surface area contributed by atoms with Gasteiger partial charge in [0.2, 0.25) is 5.91 Å². The summed E-state index contributed by atoms with van der Waals surface area (Å²) in [5, 5.41) is 11.8. The van der Waals surface area contributed by atoms with E-state index in [2.05, 4.69) is 5.32 Å². The third-order valence-corrected chi connectivity index (χ3v) is 2.13. The molecule has 82 valence electrons. The maximum Gasteiger partial charge on any atom is 0.239 e. The monoisotopic (exact) mass is 208 g/mol. The average Bonchev–Trinajstić information content (AvgIpc) is 2.26. The van der Waals surface area contributed by atoms with Gasteiger partial charge in [-0.05, 0) is 12.5 Å². The van der Waals surface area contributed by atoms with Gasteiger partial charge in [0, 0.05) is 6.54 Å². The number of aliphatic hydroxyl groups excluding tert-OH is 1. The van der Waals surface area contributed by atoms with E-state index in [4.69, 9.17) is 10.8 Å². The number of hydrogen-bond acceptors (Lipinski definition) is 3. The van der Waals surface area contributed by atoms with Gasteiger partial charge in [-0.25, -0.2) is 0 Å². The molecule has 0 spiro atoms. The molecule has 2 atom stereocenters. The van der Waals surface area contributed by atoms with Crippen molar-refractivity contribution in [2.24, 2.45) is 5.73 Å². The number of nitrogens with one attached hydrogen (secondary N) is 1. The highest BCUT2D eigenvalue weighted by atomic mass is 16.3. The standard InChI is InChI=1S/C11H16N2O2/c1-8(14)10(12)11(15)13-7-9-5-3-2-4-6-9/h2-6,8,10,14H,7,12H2,1H3,(H,13,15)/t8-,10+/m1/s1. The average molecular weight is 208 g/mol. The Balaban J connectivity index is 2.41. The fourth-order valence-corrected chi connectivity index (χ4v) is 1.12. The van der Waals surface area contributed by atoms with E-state index in [-0.39, 0.29) is 5.91 Å². The molecule has 0 aliphatic carbocycles. The summed E-state index contributed by atoms with van der Waals surface area (Å²) in [6.45, 7) is 1.92. The Kier molecular flexibility index (Phi) is 4.27. The smallest absolute Gasteiger partial charge is 0.239 e. The maximum absolute atomic E-state index is 11.4. The van der Waals surface area contributed by atoms with Crippen molar-refractivity contribution >= 4 is 5.91 Å². The normalized spacial score (nSPS) is 14.3. The predicted molar refractivity (Wildman–Crippen MR) is 57.9 cm³/mol. The molecular formula is C11H16N2O2. The van der Waals surface area contributed by atoms with Crippen molar-refractivity contribution in [1.82, 2.24) is 5.32 Å². The molecule has 1 aromatic rings. The van der Waals surface area contributed by atoms with E-state index >= 15 is 0 Å². The van der Waals surface area contributed by atoms with Crippen LogP contribution in [0.5, 0.6) is 0 Å². The predicted octanol–water partition coefficient (Wildman–Crippen LogP) is 0.0109. The van der Waals surface area contributed by atoms with Crippen LogP contribution in [0.4, 0.5) is 0 Å². The second-order valence-electron chi connectivity index (χ2n) is 3.47. The lowest BCUT2D eigenvalue weighted by Gasteiger charge is -2.14. The molecule has 1 amide bonds. The highest BCUT2D eigenvalue weighted by molar-refractivity contribution is 5.82. The van der Waals surface area contributed by atoms with E-state index in [1.54, 1.807) is 0 Å². The molecule has 1 aromatic carbocycles. The fraction of sp³-hybridized carbons (Fsp3) is 0.364. The lowest BCUT2D eigenvalue weighted by atomic mass is 10.1. The first kappa shape index (κ1) is 11.7. The summed E-state index contributed by atoms with van der Waals surface area (Å²) in [6.07, 6.45) is -0.833. The largest absolute Gasteiger partial charge is 0.391 e. The molecule has 15 heavy (non-hydrogen) atoms. The Labute approximate surface area is 89.1 Å². The third-order valence-electron chi connectivity index (χ3n) is 2.13. The molecule has 0 bridgehead atoms. The molecule has 4 heteroatoms. The van der Waals surface area contributed by atoms with E-state index in [0.717, 1.165) is 5.56 Å². The lowest BCUT2D eigenvalue weighted by Crippen LogP contribution is -2.46. The van der Waals surface area contributed by atoms with E-state index < -0.39 is 12.1 Å². The second-order valence-corrected chi connectivity index (χ2v) is 3.47. The van der Waals surface area contributed by atoms with Crippen molar-refractivity contribution in [3.05, 3.63) is 35.9 Å². The summed E-state index contributed by atoms with van der Waals surface area (Å²) < 4.78 is 0. The van der Waals surface area contributed by atoms with Gasteiger partial charge in [-0.15, -0.1) is 0 Å². The number of carbonyl (C=O) groups is 1. The van der Waals surface area contributed by atoms with Gasteiger partial charge in [0.15, 0.2) is 0 Å². The highest BCUT2D eigenvalue weighted by Crippen LogP contribution is 1.97. The van der Waals surface area contributed by atoms with Crippen LogP contribution in [0, 0.1) is 0 Å². The van der Waals surface area contributed by atoms with Crippen LogP contribution in [0.2, 0.25) is 0 Å². The molecule has 0 fully saturated rings. The maximum atomic E-state index is 11.4. The molecule has 4 nitrogen and oxygen atoms in total. The number of amides is 1. The number of rotatable bonds is 4. The molecule has 0 radical (unpaired) electrons. The van der Waals surface area contributed by atoms with Crippen molar-refractivity contribution in [2.75, 3.05) is 0 Å². The van der Waals surface area contributed by atoms with E-state index in [1.807, 2.05) is 30.3 Å². The lowest BCUT2D eigenvalue weighted by molar-refractivity contribution is -0.124. The number of aliphatic hydroxyl groups is 1. The summed E-state index contributed by atoms with van der Waals surface area (Å²) in [6, 6.07) is 8.66. The molecule has 0 unspecified atom stereocenters. The van der Waals surface area contributed by atoms with Crippen molar-refractivity contribution < 1.29 is 9.90 Å². The van der Waals surface area contributed by atoms with Crippen molar-refractivity contribution in [1.29, 1.82) is 0 Å². The van der Waals surface area contributed by atoms with E-state index in [9.17, 15) is 4.79 Å².